The lowest BCUT2D eigenvalue weighted by Gasteiger charge is -2.31. The highest BCUT2D eigenvalue weighted by Crippen LogP contribution is 2.37. The second kappa shape index (κ2) is 4.50. The van der Waals surface area contributed by atoms with Crippen LogP contribution in [-0.2, 0) is 0 Å². The Bertz CT molecular complexity index is 121. The van der Waals surface area contributed by atoms with E-state index in [1.807, 2.05) is 0 Å². The van der Waals surface area contributed by atoms with Gasteiger partial charge < -0.3 is 0 Å². The molecule has 1 aliphatic rings. The van der Waals surface area contributed by atoms with Crippen LogP contribution in [0.1, 0.15) is 52.4 Å². The minimum Gasteiger partial charge on any atom is -0.126 e. The largest absolute Gasteiger partial charge is 0.126 e. The summed E-state index contributed by atoms with van der Waals surface area (Å²) in [7, 11) is 0. The van der Waals surface area contributed by atoms with Gasteiger partial charge in [0, 0.05) is 5.88 Å². The van der Waals surface area contributed by atoms with Crippen LogP contribution in [0.4, 0.5) is 0 Å². The van der Waals surface area contributed by atoms with Gasteiger partial charge in [0.15, 0.2) is 0 Å². The molecule has 0 spiro atoms. The van der Waals surface area contributed by atoms with E-state index >= 15 is 0 Å². The standard InChI is InChI=1S/C11H21Cl/c1-11(2,9-12)10-7-5-3-4-6-8-10/h10H,3-9H2,1-2H3. The summed E-state index contributed by atoms with van der Waals surface area (Å²) in [6.07, 6.45) is 8.53. The Labute approximate surface area is 81.7 Å². The molecule has 1 heteroatoms. The van der Waals surface area contributed by atoms with E-state index in [4.69, 9.17) is 11.6 Å². The molecule has 12 heavy (non-hydrogen) atoms. The third-order valence-electron chi connectivity index (χ3n) is 3.30. The maximum absolute atomic E-state index is 5.98. The zero-order valence-electron chi connectivity index (χ0n) is 8.41. The Balaban J connectivity index is 2.47. The molecular formula is C11H21Cl. The van der Waals surface area contributed by atoms with Crippen LogP contribution in [0.25, 0.3) is 0 Å². The van der Waals surface area contributed by atoms with Gasteiger partial charge in [-0.2, -0.15) is 0 Å². The van der Waals surface area contributed by atoms with E-state index in [9.17, 15) is 0 Å². The molecule has 0 bridgehead atoms. The van der Waals surface area contributed by atoms with Gasteiger partial charge >= 0.3 is 0 Å². The zero-order valence-corrected chi connectivity index (χ0v) is 9.16. The molecule has 0 heterocycles. The fraction of sp³-hybridized carbons (Fsp3) is 1.00. The fourth-order valence-electron chi connectivity index (χ4n) is 2.17. The van der Waals surface area contributed by atoms with Crippen molar-refractivity contribution >= 4 is 11.6 Å². The van der Waals surface area contributed by atoms with Crippen LogP contribution in [0.2, 0.25) is 0 Å². The third kappa shape index (κ3) is 2.65. The summed E-state index contributed by atoms with van der Waals surface area (Å²) in [5.74, 6) is 1.69. The second-order valence-corrected chi connectivity index (χ2v) is 5.08. The summed E-state index contributed by atoms with van der Waals surface area (Å²) in [4.78, 5) is 0. The van der Waals surface area contributed by atoms with Crippen LogP contribution in [0.5, 0.6) is 0 Å². The van der Waals surface area contributed by atoms with E-state index in [1.54, 1.807) is 0 Å². The Morgan fingerprint density at radius 1 is 1.08 bits per heavy atom. The normalized spacial score (nSPS) is 22.2. The van der Waals surface area contributed by atoms with Crippen molar-refractivity contribution in [3.8, 4) is 0 Å². The smallest absolute Gasteiger partial charge is 0.0277 e. The minimum absolute atomic E-state index is 0.367. The van der Waals surface area contributed by atoms with E-state index in [-0.39, 0.29) is 0 Å². The molecular weight excluding hydrogens is 168 g/mol. The second-order valence-electron chi connectivity index (χ2n) is 4.81. The minimum atomic E-state index is 0.367. The lowest BCUT2D eigenvalue weighted by molar-refractivity contribution is 0.219. The lowest BCUT2D eigenvalue weighted by atomic mass is 9.76. The summed E-state index contributed by atoms with van der Waals surface area (Å²) >= 11 is 5.98. The molecule has 72 valence electrons. The van der Waals surface area contributed by atoms with E-state index in [0.29, 0.717) is 5.41 Å². The van der Waals surface area contributed by atoms with Gasteiger partial charge in [-0.15, -0.1) is 11.6 Å². The van der Waals surface area contributed by atoms with Crippen molar-refractivity contribution < 1.29 is 0 Å². The Kier molecular flexibility index (Phi) is 3.89. The molecule has 0 aromatic carbocycles. The highest BCUT2D eigenvalue weighted by molar-refractivity contribution is 6.18. The summed E-state index contributed by atoms with van der Waals surface area (Å²) in [5, 5.41) is 0. The number of hydrogen-bond acceptors (Lipinski definition) is 0. The molecule has 0 aromatic rings. The number of alkyl halides is 1. The van der Waals surface area contributed by atoms with Crippen LogP contribution < -0.4 is 0 Å². The first-order valence-corrected chi connectivity index (χ1v) is 5.76. The quantitative estimate of drug-likeness (QED) is 0.450. The molecule has 1 fully saturated rings. The monoisotopic (exact) mass is 188 g/mol. The average molecular weight is 189 g/mol. The van der Waals surface area contributed by atoms with Crippen LogP contribution >= 0.6 is 11.6 Å². The van der Waals surface area contributed by atoms with Gasteiger partial charge in [0.1, 0.15) is 0 Å². The first-order valence-electron chi connectivity index (χ1n) is 5.23. The molecule has 0 radical (unpaired) electrons. The van der Waals surface area contributed by atoms with Gasteiger partial charge in [-0.3, -0.25) is 0 Å². The van der Waals surface area contributed by atoms with Crippen LogP contribution in [0, 0.1) is 11.3 Å². The Hall–Kier alpha value is 0.290. The Morgan fingerprint density at radius 2 is 1.58 bits per heavy atom. The maximum Gasteiger partial charge on any atom is 0.0277 e. The molecule has 1 aliphatic carbocycles. The van der Waals surface area contributed by atoms with Gasteiger partial charge in [0.05, 0.1) is 0 Å². The topological polar surface area (TPSA) is 0 Å². The molecule has 1 rings (SSSR count). The van der Waals surface area contributed by atoms with Crippen LogP contribution in [0.3, 0.4) is 0 Å². The summed E-state index contributed by atoms with van der Waals surface area (Å²) in [6, 6.07) is 0. The van der Waals surface area contributed by atoms with E-state index in [0.717, 1.165) is 11.8 Å². The van der Waals surface area contributed by atoms with Crippen molar-refractivity contribution in [1.29, 1.82) is 0 Å². The molecule has 0 unspecified atom stereocenters. The van der Waals surface area contributed by atoms with Crippen LogP contribution in [0.15, 0.2) is 0 Å². The van der Waals surface area contributed by atoms with Gasteiger partial charge in [-0.05, 0) is 24.2 Å². The summed E-state index contributed by atoms with van der Waals surface area (Å²) in [5.41, 5.74) is 0.367. The Morgan fingerprint density at radius 3 is 2.00 bits per heavy atom. The highest BCUT2D eigenvalue weighted by Gasteiger charge is 2.28. The van der Waals surface area contributed by atoms with Crippen molar-refractivity contribution in [3.63, 3.8) is 0 Å². The first kappa shape index (κ1) is 10.4. The first-order chi connectivity index (χ1) is 5.67. The lowest BCUT2D eigenvalue weighted by Crippen LogP contribution is -2.25. The number of hydrogen-bond donors (Lipinski definition) is 0. The molecule has 0 amide bonds. The number of halogens is 1. The van der Waals surface area contributed by atoms with Crippen molar-refractivity contribution in [2.45, 2.75) is 52.4 Å². The predicted octanol–water partition coefficient (Wildman–Crippen LogP) is 4.22. The van der Waals surface area contributed by atoms with E-state index in [2.05, 4.69) is 13.8 Å². The zero-order chi connectivity index (χ0) is 9.03. The number of rotatable bonds is 2. The third-order valence-corrected chi connectivity index (χ3v) is 3.99. The van der Waals surface area contributed by atoms with Gasteiger partial charge in [-0.25, -0.2) is 0 Å². The average Bonchev–Trinajstić information content (AvgIpc) is 2.32. The SMILES string of the molecule is CC(C)(CCl)C1CCCCCC1. The molecule has 1 saturated carbocycles. The molecule has 0 N–H and O–H groups in total. The van der Waals surface area contributed by atoms with Crippen molar-refractivity contribution in [2.24, 2.45) is 11.3 Å². The molecule has 0 nitrogen and oxygen atoms in total. The van der Waals surface area contributed by atoms with Gasteiger partial charge in [-0.1, -0.05) is 39.5 Å². The maximum atomic E-state index is 5.98. The molecule has 0 atom stereocenters. The van der Waals surface area contributed by atoms with Crippen LogP contribution in [-0.4, -0.2) is 5.88 Å². The molecule has 0 aromatic heterocycles. The van der Waals surface area contributed by atoms with E-state index in [1.165, 1.54) is 38.5 Å². The predicted molar refractivity (Wildman–Crippen MR) is 55.7 cm³/mol. The van der Waals surface area contributed by atoms with Crippen molar-refractivity contribution in [2.75, 3.05) is 5.88 Å². The highest BCUT2D eigenvalue weighted by atomic mass is 35.5. The van der Waals surface area contributed by atoms with Crippen molar-refractivity contribution in [1.82, 2.24) is 0 Å². The summed E-state index contributed by atoms with van der Waals surface area (Å²) < 4.78 is 0. The summed E-state index contributed by atoms with van der Waals surface area (Å²) in [6.45, 7) is 4.63. The molecule has 0 saturated heterocycles. The fourth-order valence-corrected chi connectivity index (χ4v) is 2.39. The van der Waals surface area contributed by atoms with Gasteiger partial charge in [0.2, 0.25) is 0 Å². The van der Waals surface area contributed by atoms with E-state index < -0.39 is 0 Å². The molecule has 0 aliphatic heterocycles. The van der Waals surface area contributed by atoms with Gasteiger partial charge in [0.25, 0.3) is 0 Å². The van der Waals surface area contributed by atoms with Crippen molar-refractivity contribution in [3.05, 3.63) is 0 Å².